The Morgan fingerprint density at radius 2 is 2.57 bits per heavy atom. The fraction of sp³-hybridized carbons (Fsp3) is 0.200. The van der Waals surface area contributed by atoms with Crippen LogP contribution in [0.15, 0.2) is 11.0 Å². The lowest BCUT2D eigenvalue weighted by atomic mass is 10.5. The van der Waals surface area contributed by atoms with E-state index < -0.39 is 0 Å². The molecule has 0 aromatic heterocycles. The highest BCUT2D eigenvalue weighted by atomic mass is 32.1. The van der Waals surface area contributed by atoms with Gasteiger partial charge in [-0.3, -0.25) is 0 Å². The quantitative estimate of drug-likeness (QED) is 0.309. The summed E-state index contributed by atoms with van der Waals surface area (Å²) in [6, 6.07) is 0. The van der Waals surface area contributed by atoms with Gasteiger partial charge in [-0.25, -0.2) is 0 Å². The molecule has 0 fully saturated rings. The molecule has 0 nitrogen and oxygen atoms in total. The Hall–Kier alpha value is 0.0800. The second-order valence-corrected chi connectivity index (χ2v) is 1.92. The lowest BCUT2D eigenvalue weighted by Crippen LogP contribution is -1.62. The lowest BCUT2D eigenvalue weighted by Gasteiger charge is -1.79. The first kappa shape index (κ1) is 7.08. The van der Waals surface area contributed by atoms with Crippen LogP contribution in [0.25, 0.3) is 0 Å². The van der Waals surface area contributed by atoms with Crippen molar-refractivity contribution in [2.45, 2.75) is 0 Å². The third-order valence-electron chi connectivity index (χ3n) is 0.459. The minimum Gasteiger partial charge on any atom is -0.135 e. The van der Waals surface area contributed by atoms with E-state index in [0.29, 0.717) is 4.91 Å². The van der Waals surface area contributed by atoms with Crippen molar-refractivity contribution in [2.24, 2.45) is 0 Å². The highest BCUT2D eigenvalue weighted by molar-refractivity contribution is 7.84. The van der Waals surface area contributed by atoms with Crippen LogP contribution >= 0.6 is 21.9 Å². The summed E-state index contributed by atoms with van der Waals surface area (Å²) in [7, 11) is 2.53. The maximum absolute atomic E-state index is 4.95. The fourth-order valence-corrected chi connectivity index (χ4v) is 0.710. The van der Waals surface area contributed by atoms with Crippen LogP contribution < -0.4 is 0 Å². The average molecular weight is 130 g/mol. The average Bonchev–Trinajstić information content (AvgIpc) is 1.68. The van der Waals surface area contributed by atoms with Crippen molar-refractivity contribution in [2.75, 3.05) is 6.16 Å². The maximum Gasteiger partial charge on any atom is 0.0503 e. The van der Waals surface area contributed by atoms with E-state index in [9.17, 15) is 0 Å². The van der Waals surface area contributed by atoms with Gasteiger partial charge in [0.15, 0.2) is 0 Å². The Balaban J connectivity index is 3.57. The third-order valence-corrected chi connectivity index (χ3v) is 1.01. The molecule has 0 bridgehead atoms. The Kier molecular flexibility index (Phi) is 4.29. The molecule has 0 amide bonds. The molecule has 0 aliphatic heterocycles. The number of terminal acetylenes is 1. The molecule has 0 radical (unpaired) electrons. The number of thiol groups is 1. The summed E-state index contributed by atoms with van der Waals surface area (Å²) in [5.74, 6) is 2.38. The molecule has 0 rings (SSSR count). The molecule has 0 saturated carbocycles. The Bertz CT molecular complexity index is 110. The van der Waals surface area contributed by atoms with Gasteiger partial charge >= 0.3 is 0 Å². The van der Waals surface area contributed by atoms with Crippen LogP contribution in [0.3, 0.4) is 0 Å². The second-order valence-electron chi connectivity index (χ2n) is 0.969. The van der Waals surface area contributed by atoms with Crippen LogP contribution in [0, 0.1) is 12.3 Å². The van der Waals surface area contributed by atoms with Crippen molar-refractivity contribution >= 4 is 21.9 Å². The van der Waals surface area contributed by atoms with Crippen LogP contribution in [0.4, 0.5) is 0 Å². The van der Waals surface area contributed by atoms with Gasteiger partial charge in [0.05, 0.1) is 4.91 Å². The highest BCUT2D eigenvalue weighted by Gasteiger charge is 1.73. The van der Waals surface area contributed by atoms with Gasteiger partial charge in [0.2, 0.25) is 0 Å². The molecule has 0 saturated heterocycles. The first-order chi connectivity index (χ1) is 3.31. The monoisotopic (exact) mass is 130 g/mol. The fourth-order valence-electron chi connectivity index (χ4n) is 0.171. The van der Waals surface area contributed by atoms with E-state index in [1.54, 1.807) is 0 Å². The van der Waals surface area contributed by atoms with Gasteiger partial charge in [-0.05, 0) is 6.16 Å². The summed E-state index contributed by atoms with van der Waals surface area (Å²) in [6.07, 6.45) is 7.69. The number of allylic oxidation sites excluding steroid dienone is 2. The minimum atomic E-state index is 0.704. The molecule has 7 heavy (non-hydrogen) atoms. The zero-order chi connectivity index (χ0) is 5.70. The molecule has 0 heterocycles. The van der Waals surface area contributed by atoms with E-state index in [4.69, 9.17) is 6.42 Å². The molecule has 1 unspecified atom stereocenters. The van der Waals surface area contributed by atoms with Gasteiger partial charge in [0.25, 0.3) is 0 Å². The summed E-state index contributed by atoms with van der Waals surface area (Å²) >= 11 is 3.92. The summed E-state index contributed by atoms with van der Waals surface area (Å²) in [4.78, 5) is 0.704. The smallest absolute Gasteiger partial charge is 0.0503 e. The van der Waals surface area contributed by atoms with Crippen LogP contribution in [-0.2, 0) is 0 Å². The van der Waals surface area contributed by atoms with Crippen molar-refractivity contribution in [3.63, 3.8) is 0 Å². The van der Waals surface area contributed by atoms with Crippen LogP contribution in [0.2, 0.25) is 0 Å². The first-order valence-electron chi connectivity index (χ1n) is 1.87. The summed E-state index contributed by atoms with van der Waals surface area (Å²) < 4.78 is 0. The lowest BCUT2D eigenvalue weighted by molar-refractivity contribution is 1.77. The zero-order valence-electron chi connectivity index (χ0n) is 3.89. The van der Waals surface area contributed by atoms with Gasteiger partial charge in [0.1, 0.15) is 0 Å². The van der Waals surface area contributed by atoms with Crippen molar-refractivity contribution < 1.29 is 0 Å². The van der Waals surface area contributed by atoms with Gasteiger partial charge in [-0.1, -0.05) is 12.0 Å². The van der Waals surface area contributed by atoms with Crippen LogP contribution in [0.5, 0.6) is 0 Å². The summed E-state index contributed by atoms with van der Waals surface area (Å²) in [6.45, 7) is 0. The first-order valence-corrected chi connectivity index (χ1v) is 3.13. The molecular weight excluding hydrogens is 123 g/mol. The third kappa shape index (κ3) is 3.92. The van der Waals surface area contributed by atoms with E-state index >= 15 is 0 Å². The second kappa shape index (κ2) is 4.24. The normalized spacial score (nSPS) is 10.7. The SMILES string of the molecule is C#C/C(S)=C/CP. The Morgan fingerprint density at radius 1 is 2.00 bits per heavy atom. The molecule has 0 aromatic rings. The maximum atomic E-state index is 4.95. The zero-order valence-corrected chi connectivity index (χ0v) is 5.94. The van der Waals surface area contributed by atoms with E-state index in [0.717, 1.165) is 6.16 Å². The van der Waals surface area contributed by atoms with Gasteiger partial charge in [0, 0.05) is 0 Å². The molecule has 0 N–H and O–H groups in total. The molecule has 0 spiro atoms. The van der Waals surface area contributed by atoms with E-state index in [1.807, 2.05) is 6.08 Å². The van der Waals surface area contributed by atoms with E-state index in [1.165, 1.54) is 0 Å². The van der Waals surface area contributed by atoms with Gasteiger partial charge in [-0.15, -0.1) is 28.3 Å². The minimum absolute atomic E-state index is 0.704. The molecule has 0 aliphatic carbocycles. The number of hydrogen-bond donors (Lipinski definition) is 1. The standard InChI is InChI=1S/C5H7PS/c1-2-5(7)3-4-6/h1,3,7H,4,6H2/b5-3-. The summed E-state index contributed by atoms with van der Waals surface area (Å²) in [5.41, 5.74) is 0. The van der Waals surface area contributed by atoms with Crippen molar-refractivity contribution in [3.8, 4) is 12.3 Å². The molecule has 0 aromatic carbocycles. The number of rotatable bonds is 1. The number of hydrogen-bond acceptors (Lipinski definition) is 1. The summed E-state index contributed by atoms with van der Waals surface area (Å²) in [5, 5.41) is 0. The van der Waals surface area contributed by atoms with Crippen molar-refractivity contribution in [1.29, 1.82) is 0 Å². The largest absolute Gasteiger partial charge is 0.135 e. The van der Waals surface area contributed by atoms with Crippen molar-refractivity contribution in [1.82, 2.24) is 0 Å². The predicted octanol–water partition coefficient (Wildman–Crippen LogP) is 1.31. The highest BCUT2D eigenvalue weighted by Crippen LogP contribution is 1.97. The van der Waals surface area contributed by atoms with Crippen LogP contribution in [0.1, 0.15) is 0 Å². The van der Waals surface area contributed by atoms with Crippen LogP contribution in [-0.4, -0.2) is 6.16 Å². The molecule has 0 aliphatic rings. The van der Waals surface area contributed by atoms with E-state index in [-0.39, 0.29) is 0 Å². The predicted molar refractivity (Wildman–Crippen MR) is 40.5 cm³/mol. The molecule has 1 atom stereocenters. The molecule has 38 valence electrons. The Morgan fingerprint density at radius 3 is 2.71 bits per heavy atom. The molecule has 2 heteroatoms. The topological polar surface area (TPSA) is 0 Å². The van der Waals surface area contributed by atoms with E-state index in [2.05, 4.69) is 27.8 Å². The Labute approximate surface area is 52.0 Å². The van der Waals surface area contributed by atoms with Gasteiger partial charge in [-0.2, -0.15) is 0 Å². The molecular formula is C5H7PS. The van der Waals surface area contributed by atoms with Gasteiger partial charge < -0.3 is 0 Å². The van der Waals surface area contributed by atoms with Crippen molar-refractivity contribution in [3.05, 3.63) is 11.0 Å².